The lowest BCUT2D eigenvalue weighted by Gasteiger charge is -2.28. The molecule has 1 aromatic carbocycles. The van der Waals surface area contributed by atoms with Crippen LogP contribution in [0.25, 0.3) is 0 Å². The lowest BCUT2D eigenvalue weighted by atomic mass is 9.79. The average molecular weight is 270 g/mol. The van der Waals surface area contributed by atoms with Gasteiger partial charge in [-0.05, 0) is 61.8 Å². The largest absolute Gasteiger partial charge is 0.465 e. The first-order valence-electron chi connectivity index (χ1n) is 7.38. The minimum atomic E-state index is 0.0832. The molecule has 1 heterocycles. The van der Waals surface area contributed by atoms with E-state index in [1.54, 1.807) is 0 Å². The van der Waals surface area contributed by atoms with Gasteiger partial charge in [0.1, 0.15) is 11.5 Å². The minimum absolute atomic E-state index is 0.0832. The van der Waals surface area contributed by atoms with Crippen LogP contribution in [0.1, 0.15) is 53.9 Å². The Hall–Kier alpha value is -1.58. The predicted octanol–water partition coefficient (Wildman–Crippen LogP) is 3.60. The van der Waals surface area contributed by atoms with Crippen molar-refractivity contribution in [2.45, 2.75) is 44.6 Å². The molecule has 3 heteroatoms. The van der Waals surface area contributed by atoms with Crippen LogP contribution in [0.5, 0.6) is 0 Å². The van der Waals surface area contributed by atoms with Crippen LogP contribution in [-0.4, -0.2) is 0 Å². The first-order chi connectivity index (χ1) is 9.78. The highest BCUT2D eigenvalue weighted by Gasteiger charge is 2.24. The molecule has 2 aromatic rings. The van der Waals surface area contributed by atoms with E-state index >= 15 is 0 Å². The molecule has 0 spiro atoms. The van der Waals surface area contributed by atoms with E-state index in [1.807, 2.05) is 19.1 Å². The summed E-state index contributed by atoms with van der Waals surface area (Å²) in [5.74, 6) is 8.18. The summed E-state index contributed by atoms with van der Waals surface area (Å²) in [5, 5.41) is 0. The Balaban J connectivity index is 1.80. The zero-order valence-corrected chi connectivity index (χ0v) is 11.9. The van der Waals surface area contributed by atoms with Gasteiger partial charge in [0.25, 0.3) is 0 Å². The van der Waals surface area contributed by atoms with Gasteiger partial charge in [0.2, 0.25) is 0 Å². The number of furan rings is 1. The van der Waals surface area contributed by atoms with Gasteiger partial charge in [-0.2, -0.15) is 0 Å². The maximum atomic E-state index is 5.74. The third kappa shape index (κ3) is 2.65. The van der Waals surface area contributed by atoms with E-state index in [1.165, 1.54) is 30.4 Å². The Morgan fingerprint density at radius 1 is 1.30 bits per heavy atom. The van der Waals surface area contributed by atoms with Crippen LogP contribution in [0, 0.1) is 6.92 Å². The van der Waals surface area contributed by atoms with E-state index in [9.17, 15) is 0 Å². The van der Waals surface area contributed by atoms with Gasteiger partial charge in [0.05, 0.1) is 6.04 Å². The van der Waals surface area contributed by atoms with Crippen LogP contribution in [0.2, 0.25) is 0 Å². The smallest absolute Gasteiger partial charge is 0.122 e. The predicted molar refractivity (Wildman–Crippen MR) is 80.2 cm³/mol. The van der Waals surface area contributed by atoms with Gasteiger partial charge < -0.3 is 4.42 Å². The summed E-state index contributed by atoms with van der Waals surface area (Å²) in [6, 6.07) is 12.9. The molecular formula is C17H22N2O. The molecule has 0 saturated heterocycles. The van der Waals surface area contributed by atoms with Crippen molar-refractivity contribution in [3.8, 4) is 0 Å². The van der Waals surface area contributed by atoms with Crippen molar-refractivity contribution in [3.63, 3.8) is 0 Å². The average Bonchev–Trinajstić information content (AvgIpc) is 2.91. The molecule has 1 aliphatic rings. The van der Waals surface area contributed by atoms with Gasteiger partial charge in [-0.25, -0.2) is 5.43 Å². The molecule has 1 aromatic heterocycles. The van der Waals surface area contributed by atoms with E-state index in [0.717, 1.165) is 17.9 Å². The number of benzene rings is 1. The molecule has 0 aliphatic heterocycles. The summed E-state index contributed by atoms with van der Waals surface area (Å²) in [4.78, 5) is 0. The first-order valence-corrected chi connectivity index (χ1v) is 7.38. The number of aryl methyl sites for hydroxylation is 2. The number of fused-ring (bicyclic) bond motifs is 1. The maximum absolute atomic E-state index is 5.74. The highest BCUT2D eigenvalue weighted by Crippen LogP contribution is 2.37. The van der Waals surface area contributed by atoms with Crippen molar-refractivity contribution in [2.24, 2.45) is 5.84 Å². The number of hydrogen-bond acceptors (Lipinski definition) is 3. The normalized spacial score (nSPS) is 19.6. The Kier molecular flexibility index (Phi) is 3.90. The second kappa shape index (κ2) is 5.81. The monoisotopic (exact) mass is 270 g/mol. The SMILES string of the molecule is Cc1ccc(C(CC2CCCc3ccccc32)NN)o1. The molecule has 0 fully saturated rings. The topological polar surface area (TPSA) is 51.2 Å². The highest BCUT2D eigenvalue weighted by atomic mass is 16.3. The number of hydrogen-bond donors (Lipinski definition) is 2. The van der Waals surface area contributed by atoms with E-state index in [0.29, 0.717) is 5.92 Å². The first kappa shape index (κ1) is 13.4. The van der Waals surface area contributed by atoms with Crippen LogP contribution < -0.4 is 11.3 Å². The van der Waals surface area contributed by atoms with E-state index in [4.69, 9.17) is 10.3 Å². The fourth-order valence-corrected chi connectivity index (χ4v) is 3.29. The molecule has 106 valence electrons. The second-order valence-corrected chi connectivity index (χ2v) is 5.69. The summed E-state index contributed by atoms with van der Waals surface area (Å²) in [6.07, 6.45) is 4.68. The molecule has 2 atom stereocenters. The van der Waals surface area contributed by atoms with E-state index in [2.05, 4.69) is 29.7 Å². The summed E-state index contributed by atoms with van der Waals surface area (Å²) in [5.41, 5.74) is 5.90. The van der Waals surface area contributed by atoms with Crippen LogP contribution in [0.4, 0.5) is 0 Å². The highest BCUT2D eigenvalue weighted by molar-refractivity contribution is 5.33. The molecular weight excluding hydrogens is 248 g/mol. The van der Waals surface area contributed by atoms with Crippen molar-refractivity contribution in [3.05, 3.63) is 59.0 Å². The second-order valence-electron chi connectivity index (χ2n) is 5.69. The Morgan fingerprint density at radius 3 is 2.90 bits per heavy atom. The van der Waals surface area contributed by atoms with Gasteiger partial charge in [-0.1, -0.05) is 24.3 Å². The third-order valence-corrected chi connectivity index (χ3v) is 4.32. The Morgan fingerprint density at radius 2 is 2.15 bits per heavy atom. The van der Waals surface area contributed by atoms with Crippen molar-refractivity contribution in [2.75, 3.05) is 0 Å². The Bertz CT molecular complexity index is 576. The van der Waals surface area contributed by atoms with Crippen molar-refractivity contribution >= 4 is 0 Å². The number of nitrogens with one attached hydrogen (secondary N) is 1. The number of hydrazine groups is 1. The molecule has 3 nitrogen and oxygen atoms in total. The third-order valence-electron chi connectivity index (χ3n) is 4.32. The molecule has 0 bridgehead atoms. The lowest BCUT2D eigenvalue weighted by Crippen LogP contribution is -2.29. The van der Waals surface area contributed by atoms with Gasteiger partial charge in [0.15, 0.2) is 0 Å². The molecule has 1 aliphatic carbocycles. The van der Waals surface area contributed by atoms with Crippen molar-refractivity contribution < 1.29 is 4.42 Å². The van der Waals surface area contributed by atoms with Crippen LogP contribution in [0.3, 0.4) is 0 Å². The summed E-state index contributed by atoms with van der Waals surface area (Å²) >= 11 is 0. The van der Waals surface area contributed by atoms with Gasteiger partial charge in [-0.3, -0.25) is 5.84 Å². The van der Waals surface area contributed by atoms with Crippen LogP contribution in [0.15, 0.2) is 40.8 Å². The summed E-state index contributed by atoms with van der Waals surface area (Å²) < 4.78 is 5.72. The number of nitrogens with two attached hydrogens (primary N) is 1. The maximum Gasteiger partial charge on any atom is 0.122 e. The van der Waals surface area contributed by atoms with Crippen LogP contribution in [-0.2, 0) is 6.42 Å². The standard InChI is InChI=1S/C17H22N2O/c1-12-9-10-17(20-12)16(19-18)11-14-7-4-6-13-5-2-3-8-15(13)14/h2-3,5,8-10,14,16,19H,4,6-7,11,18H2,1H3. The minimum Gasteiger partial charge on any atom is -0.465 e. The number of rotatable bonds is 4. The molecule has 3 N–H and O–H groups in total. The van der Waals surface area contributed by atoms with Crippen molar-refractivity contribution in [1.82, 2.24) is 5.43 Å². The fourth-order valence-electron chi connectivity index (χ4n) is 3.29. The molecule has 3 rings (SSSR count). The molecule has 0 saturated carbocycles. The Labute approximate surface area is 120 Å². The lowest BCUT2D eigenvalue weighted by molar-refractivity contribution is 0.357. The van der Waals surface area contributed by atoms with Crippen LogP contribution >= 0.6 is 0 Å². The van der Waals surface area contributed by atoms with Crippen molar-refractivity contribution in [1.29, 1.82) is 0 Å². The molecule has 20 heavy (non-hydrogen) atoms. The van der Waals surface area contributed by atoms with Gasteiger partial charge in [-0.15, -0.1) is 0 Å². The molecule has 2 unspecified atom stereocenters. The van der Waals surface area contributed by atoms with E-state index in [-0.39, 0.29) is 6.04 Å². The molecule has 0 radical (unpaired) electrons. The zero-order valence-electron chi connectivity index (χ0n) is 11.9. The van der Waals surface area contributed by atoms with Gasteiger partial charge >= 0.3 is 0 Å². The molecule has 0 amide bonds. The quantitative estimate of drug-likeness (QED) is 0.659. The summed E-state index contributed by atoms with van der Waals surface area (Å²) in [7, 11) is 0. The summed E-state index contributed by atoms with van der Waals surface area (Å²) in [6.45, 7) is 1.97. The zero-order chi connectivity index (χ0) is 13.9. The van der Waals surface area contributed by atoms with Gasteiger partial charge in [0, 0.05) is 0 Å². The van der Waals surface area contributed by atoms with E-state index < -0.39 is 0 Å². The fraction of sp³-hybridized carbons (Fsp3) is 0.412.